The molecular weight excluding hydrogens is 224 g/mol. The smallest absolute Gasteiger partial charge is 0.0565 e. The number of rotatable bonds is 5. The Morgan fingerprint density at radius 3 is 2.39 bits per heavy atom. The lowest BCUT2D eigenvalue weighted by molar-refractivity contribution is -0.0424. The summed E-state index contributed by atoms with van der Waals surface area (Å²) in [5.41, 5.74) is 0. The Kier molecular flexibility index (Phi) is 5.46. The highest BCUT2D eigenvalue weighted by atomic mass is 16.5. The summed E-state index contributed by atoms with van der Waals surface area (Å²) in [4.78, 5) is 2.61. The molecule has 2 fully saturated rings. The maximum absolute atomic E-state index is 5.78. The summed E-state index contributed by atoms with van der Waals surface area (Å²) >= 11 is 0. The molecule has 2 saturated heterocycles. The number of hydrogen-bond donors (Lipinski definition) is 1. The van der Waals surface area contributed by atoms with E-state index >= 15 is 0 Å². The van der Waals surface area contributed by atoms with Gasteiger partial charge in [0.05, 0.1) is 12.2 Å². The Bertz CT molecular complexity index is 231. The molecule has 2 rings (SSSR count). The Morgan fingerprint density at radius 2 is 1.78 bits per heavy atom. The van der Waals surface area contributed by atoms with Gasteiger partial charge >= 0.3 is 0 Å². The van der Waals surface area contributed by atoms with Crippen LogP contribution in [0.4, 0.5) is 0 Å². The van der Waals surface area contributed by atoms with Crippen LogP contribution >= 0.6 is 0 Å². The molecule has 0 bridgehead atoms. The zero-order valence-corrected chi connectivity index (χ0v) is 12.3. The second kappa shape index (κ2) is 6.88. The van der Waals surface area contributed by atoms with E-state index in [0.29, 0.717) is 18.2 Å². The van der Waals surface area contributed by atoms with Crippen LogP contribution in [0.3, 0.4) is 0 Å². The first kappa shape index (κ1) is 14.3. The summed E-state index contributed by atoms with van der Waals surface area (Å²) in [5.74, 6) is 0.761. The quantitative estimate of drug-likeness (QED) is 0.814. The van der Waals surface area contributed by atoms with E-state index in [1.54, 1.807) is 0 Å². The lowest BCUT2D eigenvalue weighted by atomic mass is 9.99. The molecule has 3 heteroatoms. The van der Waals surface area contributed by atoms with Crippen molar-refractivity contribution in [1.82, 2.24) is 10.2 Å². The normalized spacial score (nSPS) is 35.8. The van der Waals surface area contributed by atoms with Gasteiger partial charge < -0.3 is 15.0 Å². The minimum atomic E-state index is 0.417. The van der Waals surface area contributed by atoms with Crippen LogP contribution in [0.25, 0.3) is 0 Å². The number of ether oxygens (including phenoxy) is 1. The third-order valence-electron chi connectivity index (χ3n) is 4.22. The summed E-state index contributed by atoms with van der Waals surface area (Å²) in [6.45, 7) is 11.8. The zero-order valence-electron chi connectivity index (χ0n) is 12.3. The van der Waals surface area contributed by atoms with Crippen molar-refractivity contribution in [1.29, 1.82) is 0 Å². The van der Waals surface area contributed by atoms with Gasteiger partial charge in [0.15, 0.2) is 0 Å². The highest BCUT2D eigenvalue weighted by Crippen LogP contribution is 2.19. The van der Waals surface area contributed by atoms with Crippen molar-refractivity contribution in [2.75, 3.05) is 26.2 Å². The Morgan fingerprint density at radius 1 is 1.17 bits per heavy atom. The lowest BCUT2D eigenvalue weighted by Crippen LogP contribution is -2.43. The number of hydrogen-bond acceptors (Lipinski definition) is 3. The average Bonchev–Trinajstić information content (AvgIpc) is 2.78. The van der Waals surface area contributed by atoms with Crippen LogP contribution in [-0.4, -0.2) is 49.3 Å². The molecule has 0 aromatic heterocycles. The van der Waals surface area contributed by atoms with E-state index < -0.39 is 0 Å². The molecule has 0 aromatic carbocycles. The molecule has 106 valence electrons. The van der Waals surface area contributed by atoms with E-state index in [1.807, 2.05) is 0 Å². The fourth-order valence-electron chi connectivity index (χ4n) is 3.41. The van der Waals surface area contributed by atoms with Crippen molar-refractivity contribution in [3.63, 3.8) is 0 Å². The zero-order chi connectivity index (χ0) is 13.0. The monoisotopic (exact) mass is 254 g/mol. The second-order valence-corrected chi connectivity index (χ2v) is 6.45. The largest absolute Gasteiger partial charge is 0.375 e. The molecule has 2 heterocycles. The van der Waals surface area contributed by atoms with Crippen LogP contribution in [0.2, 0.25) is 0 Å². The van der Waals surface area contributed by atoms with Gasteiger partial charge in [0.2, 0.25) is 0 Å². The van der Waals surface area contributed by atoms with Gasteiger partial charge in [-0.15, -0.1) is 0 Å². The summed E-state index contributed by atoms with van der Waals surface area (Å²) < 4.78 is 5.78. The van der Waals surface area contributed by atoms with Gasteiger partial charge in [0, 0.05) is 12.6 Å². The molecule has 0 radical (unpaired) electrons. The SMILES string of the molecule is CC(CNC1CC(C)OC(C)C1)CN1CCCC1. The molecule has 0 aliphatic carbocycles. The molecule has 2 aliphatic rings. The third-order valence-corrected chi connectivity index (χ3v) is 4.22. The summed E-state index contributed by atoms with van der Waals surface area (Å²) in [6.07, 6.45) is 5.96. The number of nitrogens with zero attached hydrogens (tertiary/aromatic N) is 1. The van der Waals surface area contributed by atoms with Crippen molar-refractivity contribution in [2.45, 2.75) is 64.7 Å². The van der Waals surface area contributed by atoms with Gasteiger partial charge in [-0.3, -0.25) is 0 Å². The second-order valence-electron chi connectivity index (χ2n) is 6.45. The summed E-state index contributed by atoms with van der Waals surface area (Å²) in [7, 11) is 0. The molecule has 3 nitrogen and oxygen atoms in total. The van der Waals surface area contributed by atoms with E-state index in [9.17, 15) is 0 Å². The average molecular weight is 254 g/mol. The first-order valence-electron chi connectivity index (χ1n) is 7.74. The predicted octanol–water partition coefficient (Wildman–Crippen LogP) is 2.26. The van der Waals surface area contributed by atoms with Crippen LogP contribution in [0.5, 0.6) is 0 Å². The minimum absolute atomic E-state index is 0.417. The van der Waals surface area contributed by atoms with E-state index in [4.69, 9.17) is 4.74 Å². The Hall–Kier alpha value is -0.120. The van der Waals surface area contributed by atoms with E-state index in [2.05, 4.69) is 31.0 Å². The molecule has 0 spiro atoms. The van der Waals surface area contributed by atoms with Crippen LogP contribution in [-0.2, 0) is 4.74 Å². The fraction of sp³-hybridized carbons (Fsp3) is 1.00. The van der Waals surface area contributed by atoms with Gasteiger partial charge in [-0.05, 0) is 65.1 Å². The molecule has 1 N–H and O–H groups in total. The van der Waals surface area contributed by atoms with Gasteiger partial charge in [-0.2, -0.15) is 0 Å². The highest BCUT2D eigenvalue weighted by Gasteiger charge is 2.24. The molecule has 3 unspecified atom stereocenters. The standard InChI is InChI=1S/C15H30N2O/c1-12(11-17-6-4-5-7-17)10-16-15-8-13(2)18-14(3)9-15/h12-16H,4-11H2,1-3H3. The van der Waals surface area contributed by atoms with Crippen molar-refractivity contribution >= 4 is 0 Å². The van der Waals surface area contributed by atoms with Crippen molar-refractivity contribution in [3.8, 4) is 0 Å². The Balaban J connectivity index is 1.63. The molecule has 0 saturated carbocycles. The van der Waals surface area contributed by atoms with Gasteiger partial charge in [-0.1, -0.05) is 6.92 Å². The van der Waals surface area contributed by atoms with Crippen molar-refractivity contribution < 1.29 is 4.74 Å². The van der Waals surface area contributed by atoms with Gasteiger partial charge in [0.1, 0.15) is 0 Å². The van der Waals surface area contributed by atoms with Crippen molar-refractivity contribution in [2.24, 2.45) is 5.92 Å². The maximum atomic E-state index is 5.78. The van der Waals surface area contributed by atoms with Crippen molar-refractivity contribution in [3.05, 3.63) is 0 Å². The number of likely N-dealkylation sites (tertiary alicyclic amines) is 1. The molecule has 0 aromatic rings. The van der Waals surface area contributed by atoms with Gasteiger partial charge in [-0.25, -0.2) is 0 Å². The molecule has 2 aliphatic heterocycles. The van der Waals surface area contributed by atoms with E-state index in [1.165, 1.54) is 45.3 Å². The topological polar surface area (TPSA) is 24.5 Å². The van der Waals surface area contributed by atoms with E-state index in [0.717, 1.165) is 12.5 Å². The van der Waals surface area contributed by atoms with Crippen LogP contribution in [0, 0.1) is 5.92 Å². The first-order valence-corrected chi connectivity index (χ1v) is 7.74. The third kappa shape index (κ3) is 4.52. The summed E-state index contributed by atoms with van der Waals surface area (Å²) in [6, 6.07) is 0.657. The number of nitrogens with one attached hydrogen (secondary N) is 1. The molecule has 0 amide bonds. The minimum Gasteiger partial charge on any atom is -0.375 e. The molecule has 18 heavy (non-hydrogen) atoms. The fourth-order valence-corrected chi connectivity index (χ4v) is 3.41. The van der Waals surface area contributed by atoms with Gasteiger partial charge in [0.25, 0.3) is 0 Å². The van der Waals surface area contributed by atoms with Crippen LogP contribution < -0.4 is 5.32 Å². The molecular formula is C15H30N2O. The van der Waals surface area contributed by atoms with Crippen LogP contribution in [0.1, 0.15) is 46.5 Å². The predicted molar refractivity (Wildman–Crippen MR) is 75.9 cm³/mol. The molecule has 3 atom stereocenters. The van der Waals surface area contributed by atoms with E-state index in [-0.39, 0.29) is 0 Å². The maximum Gasteiger partial charge on any atom is 0.0565 e. The Labute approximate surface area is 112 Å². The summed E-state index contributed by atoms with van der Waals surface area (Å²) in [5, 5.41) is 3.75. The van der Waals surface area contributed by atoms with Crippen LogP contribution in [0.15, 0.2) is 0 Å². The lowest BCUT2D eigenvalue weighted by Gasteiger charge is -2.33. The first-order chi connectivity index (χ1) is 8.63. The highest BCUT2D eigenvalue weighted by molar-refractivity contribution is 4.80.